The Morgan fingerprint density at radius 2 is 1.65 bits per heavy atom. The first-order valence-electron chi connectivity index (χ1n) is 9.52. The zero-order valence-corrected chi connectivity index (χ0v) is 19.4. The fourth-order valence-corrected chi connectivity index (χ4v) is 3.12. The minimum absolute atomic E-state index is 0.165. The van der Waals surface area contributed by atoms with Gasteiger partial charge in [0, 0.05) is 6.54 Å². The van der Waals surface area contributed by atoms with Crippen molar-refractivity contribution in [2.75, 3.05) is 32.7 Å². The molecule has 31 heavy (non-hydrogen) atoms. The van der Waals surface area contributed by atoms with Gasteiger partial charge in [0.1, 0.15) is 16.0 Å². The van der Waals surface area contributed by atoms with E-state index in [-0.39, 0.29) is 11.5 Å². The molecule has 0 saturated heterocycles. The van der Waals surface area contributed by atoms with Crippen molar-refractivity contribution in [3.05, 3.63) is 52.0 Å². The van der Waals surface area contributed by atoms with Crippen LogP contribution in [-0.2, 0) is 9.53 Å². The Morgan fingerprint density at radius 3 is 2.23 bits per heavy atom. The molecular weight excluding hydrogens is 468 g/mol. The minimum atomic E-state index is -0.720. The van der Waals surface area contributed by atoms with Gasteiger partial charge in [0.25, 0.3) is 11.8 Å². The van der Waals surface area contributed by atoms with E-state index in [2.05, 4.69) is 26.6 Å². The summed E-state index contributed by atoms with van der Waals surface area (Å²) in [4.78, 5) is 37.1. The molecule has 2 rings (SSSR count). The van der Waals surface area contributed by atoms with Gasteiger partial charge >= 0.3 is 5.97 Å². The van der Waals surface area contributed by atoms with Gasteiger partial charge in [0.15, 0.2) is 6.61 Å². The lowest BCUT2D eigenvalue weighted by Crippen LogP contribution is -2.29. The summed E-state index contributed by atoms with van der Waals surface area (Å²) >= 11 is 3.32. The molecule has 0 saturated carbocycles. The molecule has 0 aromatic heterocycles. The quantitative estimate of drug-likeness (QED) is 0.517. The maximum atomic E-state index is 12.4. The number of ether oxygens (including phenoxy) is 3. The zero-order valence-electron chi connectivity index (χ0n) is 17.8. The van der Waals surface area contributed by atoms with Gasteiger partial charge in [-0.2, -0.15) is 0 Å². The van der Waals surface area contributed by atoms with Crippen molar-refractivity contribution in [2.45, 2.75) is 13.8 Å². The van der Waals surface area contributed by atoms with Crippen molar-refractivity contribution in [2.24, 2.45) is 5.92 Å². The molecule has 8 nitrogen and oxygen atoms in total. The highest BCUT2D eigenvalue weighted by molar-refractivity contribution is 9.10. The molecule has 9 heteroatoms. The number of hydrogen-bond donors (Lipinski definition) is 2. The molecule has 0 aliphatic rings. The fourth-order valence-electron chi connectivity index (χ4n) is 2.57. The van der Waals surface area contributed by atoms with Crippen LogP contribution in [0.25, 0.3) is 0 Å². The summed E-state index contributed by atoms with van der Waals surface area (Å²) < 4.78 is 16.1. The van der Waals surface area contributed by atoms with Gasteiger partial charge < -0.3 is 24.8 Å². The molecule has 0 atom stereocenters. The first kappa shape index (κ1) is 24.2. The molecule has 166 valence electrons. The second kappa shape index (κ2) is 11.4. The lowest BCUT2D eigenvalue weighted by atomic mass is 10.1. The van der Waals surface area contributed by atoms with Crippen molar-refractivity contribution in [1.29, 1.82) is 0 Å². The van der Waals surface area contributed by atoms with Crippen LogP contribution in [0.5, 0.6) is 11.5 Å². The van der Waals surface area contributed by atoms with Crippen molar-refractivity contribution < 1.29 is 28.6 Å². The van der Waals surface area contributed by atoms with Crippen molar-refractivity contribution >= 4 is 39.4 Å². The second-order valence-corrected chi connectivity index (χ2v) is 7.76. The Kier molecular flexibility index (Phi) is 8.87. The summed E-state index contributed by atoms with van der Waals surface area (Å²) in [5.74, 6) is -0.526. The van der Waals surface area contributed by atoms with E-state index >= 15 is 0 Å². The average molecular weight is 493 g/mol. The Labute approximate surface area is 189 Å². The van der Waals surface area contributed by atoms with Crippen molar-refractivity contribution in [3.63, 3.8) is 0 Å². The number of carbonyl (C=O) groups excluding carboxylic acids is 3. The Hall–Kier alpha value is -3.07. The largest absolute Gasteiger partial charge is 0.495 e. The zero-order chi connectivity index (χ0) is 23.0. The second-order valence-electron chi connectivity index (χ2n) is 6.97. The van der Waals surface area contributed by atoms with Gasteiger partial charge in [0.05, 0.1) is 31.0 Å². The van der Waals surface area contributed by atoms with E-state index in [9.17, 15) is 14.4 Å². The number of carbonyl (C=O) groups is 3. The van der Waals surface area contributed by atoms with Crippen LogP contribution in [0.3, 0.4) is 0 Å². The number of anilines is 1. The van der Waals surface area contributed by atoms with E-state index < -0.39 is 18.5 Å². The standard InChI is InChI=1S/C22H25BrN2O6/c1-13(2)11-24-21(27)15-7-5-6-8-16(15)25-19(26)12-31-22(28)14-9-17(29-3)20(23)18(10-14)30-4/h5-10,13H,11-12H2,1-4H3,(H,24,27)(H,25,26). The number of rotatable bonds is 9. The normalized spacial score (nSPS) is 10.4. The highest BCUT2D eigenvalue weighted by Gasteiger charge is 2.18. The number of halogens is 1. The molecule has 0 radical (unpaired) electrons. The first-order valence-corrected chi connectivity index (χ1v) is 10.3. The summed E-state index contributed by atoms with van der Waals surface area (Å²) in [7, 11) is 2.91. The molecule has 0 fully saturated rings. The van der Waals surface area contributed by atoms with Crippen LogP contribution in [0, 0.1) is 5.92 Å². The number of esters is 1. The maximum absolute atomic E-state index is 12.4. The third-order valence-corrected chi connectivity index (χ3v) is 4.91. The van der Waals surface area contributed by atoms with E-state index in [0.717, 1.165) is 0 Å². The number of nitrogens with one attached hydrogen (secondary N) is 2. The Morgan fingerprint density at radius 1 is 1.03 bits per heavy atom. The molecule has 0 heterocycles. The smallest absolute Gasteiger partial charge is 0.338 e. The van der Waals surface area contributed by atoms with Crippen molar-refractivity contribution in [3.8, 4) is 11.5 Å². The van der Waals surface area contributed by atoms with Gasteiger partial charge in [-0.05, 0) is 46.1 Å². The first-order chi connectivity index (χ1) is 14.8. The summed E-state index contributed by atoms with van der Waals surface area (Å²) in [6, 6.07) is 9.56. The SMILES string of the molecule is COc1cc(C(=O)OCC(=O)Nc2ccccc2C(=O)NCC(C)C)cc(OC)c1Br. The minimum Gasteiger partial charge on any atom is -0.495 e. The molecular formula is C22H25BrN2O6. The van der Waals surface area contributed by atoms with E-state index in [0.29, 0.717) is 39.7 Å². The summed E-state index contributed by atoms with van der Waals surface area (Å²) in [6.45, 7) is 3.96. The fraction of sp³-hybridized carbons (Fsp3) is 0.318. The van der Waals surface area contributed by atoms with Gasteiger partial charge in [-0.1, -0.05) is 26.0 Å². The predicted molar refractivity (Wildman–Crippen MR) is 120 cm³/mol. The van der Waals surface area contributed by atoms with Gasteiger partial charge in [-0.3, -0.25) is 9.59 Å². The lowest BCUT2D eigenvalue weighted by molar-refractivity contribution is -0.119. The number of para-hydroxylation sites is 1. The van der Waals surface area contributed by atoms with E-state index in [4.69, 9.17) is 14.2 Å². The molecule has 2 aromatic carbocycles. The third-order valence-electron chi connectivity index (χ3n) is 4.13. The highest BCUT2D eigenvalue weighted by atomic mass is 79.9. The molecule has 2 amide bonds. The van der Waals surface area contributed by atoms with Crippen LogP contribution < -0.4 is 20.1 Å². The maximum Gasteiger partial charge on any atom is 0.338 e. The predicted octanol–water partition coefficient (Wildman–Crippen LogP) is 3.65. The topological polar surface area (TPSA) is 103 Å². The number of benzene rings is 2. The van der Waals surface area contributed by atoms with Crippen LogP contribution in [0.15, 0.2) is 40.9 Å². The van der Waals surface area contributed by atoms with Crippen LogP contribution in [0.2, 0.25) is 0 Å². The third kappa shape index (κ3) is 6.71. The highest BCUT2D eigenvalue weighted by Crippen LogP contribution is 2.35. The van der Waals surface area contributed by atoms with Gasteiger partial charge in [0.2, 0.25) is 0 Å². The van der Waals surface area contributed by atoms with Gasteiger partial charge in [-0.15, -0.1) is 0 Å². The molecule has 0 aliphatic carbocycles. The number of hydrogen-bond acceptors (Lipinski definition) is 6. The van der Waals surface area contributed by atoms with Crippen LogP contribution in [0.1, 0.15) is 34.6 Å². The molecule has 0 aliphatic heterocycles. The van der Waals surface area contributed by atoms with E-state index in [1.807, 2.05) is 13.8 Å². The lowest BCUT2D eigenvalue weighted by Gasteiger charge is -2.13. The molecule has 2 aromatic rings. The number of methoxy groups -OCH3 is 2. The van der Waals surface area contributed by atoms with Crippen LogP contribution in [0.4, 0.5) is 5.69 Å². The van der Waals surface area contributed by atoms with Crippen molar-refractivity contribution in [1.82, 2.24) is 5.32 Å². The summed E-state index contributed by atoms with van der Waals surface area (Å²) in [5, 5.41) is 5.41. The average Bonchev–Trinajstić information content (AvgIpc) is 2.76. The van der Waals surface area contributed by atoms with Gasteiger partial charge in [-0.25, -0.2) is 4.79 Å². The summed E-state index contributed by atoms with van der Waals surface area (Å²) in [6.07, 6.45) is 0. The Bertz CT molecular complexity index is 936. The molecule has 0 bridgehead atoms. The summed E-state index contributed by atoms with van der Waals surface area (Å²) in [5.41, 5.74) is 0.820. The number of amides is 2. The molecule has 2 N–H and O–H groups in total. The molecule has 0 unspecified atom stereocenters. The van der Waals surface area contributed by atoms with E-state index in [1.165, 1.54) is 26.4 Å². The van der Waals surface area contributed by atoms with Crippen LogP contribution in [-0.4, -0.2) is 45.2 Å². The van der Waals surface area contributed by atoms with E-state index in [1.54, 1.807) is 24.3 Å². The van der Waals surface area contributed by atoms with Crippen LogP contribution >= 0.6 is 15.9 Å². The monoisotopic (exact) mass is 492 g/mol. The Balaban J connectivity index is 2.03. The molecule has 0 spiro atoms.